The van der Waals surface area contributed by atoms with E-state index >= 15 is 0 Å². The molecule has 2 N–H and O–H groups in total. The summed E-state index contributed by atoms with van der Waals surface area (Å²) < 4.78 is 14.3. The average molecular weight is 416 g/mol. The lowest BCUT2D eigenvalue weighted by atomic mass is 9.97. The van der Waals surface area contributed by atoms with Gasteiger partial charge in [-0.25, -0.2) is 4.39 Å². The van der Waals surface area contributed by atoms with Gasteiger partial charge in [-0.1, -0.05) is 18.9 Å². The Balaban J connectivity index is 0.00000121. The van der Waals surface area contributed by atoms with E-state index in [1.807, 2.05) is 6.07 Å². The standard InChI is InChI=1S/C15H20BrFN2O.2ClH/c16-12-4-3-11(15(20)14(12)17)13(9-10-1-2-10)19-7-5-18-6-8-19;;/h3-4,10,13,18,20H,1-2,5-9H2;2*1H/t13-;;/m0../s1. The fourth-order valence-corrected chi connectivity index (χ4v) is 3.28. The van der Waals surface area contributed by atoms with Gasteiger partial charge >= 0.3 is 0 Å². The second-order valence-electron chi connectivity index (χ2n) is 5.78. The van der Waals surface area contributed by atoms with Gasteiger partial charge in [-0.2, -0.15) is 0 Å². The van der Waals surface area contributed by atoms with E-state index in [4.69, 9.17) is 0 Å². The molecule has 2 fully saturated rings. The number of nitrogens with zero attached hydrogens (tertiary/aromatic N) is 1. The van der Waals surface area contributed by atoms with Crippen LogP contribution in [0.4, 0.5) is 4.39 Å². The molecule has 0 spiro atoms. The monoisotopic (exact) mass is 414 g/mol. The molecule has 22 heavy (non-hydrogen) atoms. The summed E-state index contributed by atoms with van der Waals surface area (Å²) in [6.07, 6.45) is 3.55. The fourth-order valence-electron chi connectivity index (χ4n) is 2.96. The molecule has 1 heterocycles. The molecule has 1 saturated carbocycles. The smallest absolute Gasteiger partial charge is 0.179 e. The summed E-state index contributed by atoms with van der Waals surface area (Å²) in [6.45, 7) is 3.82. The van der Waals surface area contributed by atoms with Crippen molar-refractivity contribution in [3.05, 3.63) is 28.0 Å². The van der Waals surface area contributed by atoms with Gasteiger partial charge in [0.25, 0.3) is 0 Å². The third-order valence-electron chi connectivity index (χ3n) is 4.31. The van der Waals surface area contributed by atoms with Crippen LogP contribution in [0.2, 0.25) is 0 Å². The van der Waals surface area contributed by atoms with Gasteiger partial charge in [0, 0.05) is 37.8 Å². The van der Waals surface area contributed by atoms with Crippen LogP contribution in [0.15, 0.2) is 16.6 Å². The highest BCUT2D eigenvalue weighted by atomic mass is 79.9. The van der Waals surface area contributed by atoms with Crippen molar-refractivity contribution in [2.45, 2.75) is 25.3 Å². The molecule has 1 aromatic rings. The number of aromatic hydroxyl groups is 1. The first-order valence-electron chi connectivity index (χ1n) is 7.28. The van der Waals surface area contributed by atoms with Gasteiger partial charge in [0.05, 0.1) is 4.47 Å². The molecule has 1 aliphatic carbocycles. The molecule has 0 radical (unpaired) electrons. The van der Waals surface area contributed by atoms with Gasteiger partial charge in [-0.05, 0) is 34.3 Å². The van der Waals surface area contributed by atoms with Crippen LogP contribution in [-0.4, -0.2) is 36.2 Å². The molecular formula is C15H22BrCl2FN2O. The minimum absolute atomic E-state index is 0. The average Bonchev–Trinajstić information content (AvgIpc) is 3.28. The topological polar surface area (TPSA) is 35.5 Å². The van der Waals surface area contributed by atoms with Crippen LogP contribution in [0, 0.1) is 11.7 Å². The molecule has 126 valence electrons. The first kappa shape index (κ1) is 20.0. The van der Waals surface area contributed by atoms with E-state index in [0.717, 1.165) is 44.1 Å². The molecule has 7 heteroatoms. The van der Waals surface area contributed by atoms with Gasteiger partial charge in [0.2, 0.25) is 0 Å². The number of hydrogen-bond acceptors (Lipinski definition) is 3. The number of piperazine rings is 1. The van der Waals surface area contributed by atoms with Crippen molar-refractivity contribution in [2.24, 2.45) is 5.92 Å². The zero-order valence-corrected chi connectivity index (χ0v) is 15.4. The van der Waals surface area contributed by atoms with Gasteiger partial charge < -0.3 is 10.4 Å². The Bertz CT molecular complexity index is 497. The number of phenols is 1. The molecule has 1 aromatic carbocycles. The van der Waals surface area contributed by atoms with E-state index in [2.05, 4.69) is 26.1 Å². The van der Waals surface area contributed by atoms with Gasteiger partial charge in [-0.3, -0.25) is 4.90 Å². The molecule has 1 aliphatic heterocycles. The maximum absolute atomic E-state index is 13.9. The van der Waals surface area contributed by atoms with Crippen molar-refractivity contribution < 1.29 is 9.50 Å². The van der Waals surface area contributed by atoms with Crippen molar-refractivity contribution in [1.29, 1.82) is 0 Å². The van der Waals surface area contributed by atoms with Crippen molar-refractivity contribution in [3.8, 4) is 5.75 Å². The summed E-state index contributed by atoms with van der Waals surface area (Å²) in [6, 6.07) is 3.69. The summed E-state index contributed by atoms with van der Waals surface area (Å²) in [5.74, 6) is 0.00276. The van der Waals surface area contributed by atoms with Crippen molar-refractivity contribution in [1.82, 2.24) is 10.2 Å². The third kappa shape index (κ3) is 4.48. The Morgan fingerprint density at radius 2 is 1.91 bits per heavy atom. The molecule has 2 aliphatic rings. The first-order chi connectivity index (χ1) is 9.66. The summed E-state index contributed by atoms with van der Waals surface area (Å²) in [4.78, 5) is 2.37. The SMILES string of the molecule is Cl.Cl.Oc1c([C@H](CC2CC2)N2CCNCC2)ccc(Br)c1F. The van der Waals surface area contributed by atoms with E-state index in [9.17, 15) is 9.50 Å². The predicted octanol–water partition coefficient (Wildman–Crippen LogP) is 3.88. The van der Waals surface area contributed by atoms with Crippen molar-refractivity contribution in [2.75, 3.05) is 26.2 Å². The maximum atomic E-state index is 13.9. The number of phenolic OH excluding ortho intramolecular Hbond substituents is 1. The third-order valence-corrected chi connectivity index (χ3v) is 4.92. The molecule has 3 rings (SSSR count). The van der Waals surface area contributed by atoms with E-state index in [1.54, 1.807) is 6.07 Å². The van der Waals surface area contributed by atoms with Gasteiger partial charge in [0.15, 0.2) is 11.6 Å². The van der Waals surface area contributed by atoms with Crippen molar-refractivity contribution >= 4 is 40.7 Å². The lowest BCUT2D eigenvalue weighted by molar-refractivity contribution is 0.157. The molecule has 3 nitrogen and oxygen atoms in total. The number of rotatable bonds is 4. The largest absolute Gasteiger partial charge is 0.505 e. The van der Waals surface area contributed by atoms with Gasteiger partial charge in [-0.15, -0.1) is 24.8 Å². The Labute approximate surface area is 151 Å². The predicted molar refractivity (Wildman–Crippen MR) is 94.8 cm³/mol. The normalized spacial score (nSPS) is 19.9. The molecule has 1 atom stereocenters. The van der Waals surface area contributed by atoms with Crippen molar-refractivity contribution in [3.63, 3.8) is 0 Å². The zero-order valence-electron chi connectivity index (χ0n) is 12.2. The van der Waals surface area contributed by atoms with Crippen LogP contribution in [-0.2, 0) is 0 Å². The second-order valence-corrected chi connectivity index (χ2v) is 6.63. The summed E-state index contributed by atoms with van der Waals surface area (Å²) in [7, 11) is 0. The zero-order chi connectivity index (χ0) is 14.1. The van der Waals surface area contributed by atoms with E-state index in [0.29, 0.717) is 4.47 Å². The highest BCUT2D eigenvalue weighted by Gasteiger charge is 2.32. The molecule has 1 saturated heterocycles. The molecule has 0 amide bonds. The Hall–Kier alpha value is -0.0700. The van der Waals surface area contributed by atoms with Crippen LogP contribution < -0.4 is 5.32 Å². The van der Waals surface area contributed by atoms with Crippen LogP contribution >= 0.6 is 40.7 Å². The Morgan fingerprint density at radius 1 is 1.27 bits per heavy atom. The van der Waals surface area contributed by atoms with Crippen LogP contribution in [0.1, 0.15) is 30.9 Å². The molecule has 0 bridgehead atoms. The molecule has 0 unspecified atom stereocenters. The lowest BCUT2D eigenvalue weighted by Crippen LogP contribution is -2.45. The highest BCUT2D eigenvalue weighted by molar-refractivity contribution is 9.10. The van der Waals surface area contributed by atoms with E-state index < -0.39 is 5.82 Å². The van der Waals surface area contributed by atoms with E-state index in [1.165, 1.54) is 12.8 Å². The Kier molecular flexibility index (Phi) is 7.89. The van der Waals surface area contributed by atoms with Crippen LogP contribution in [0.5, 0.6) is 5.75 Å². The number of benzene rings is 1. The second kappa shape index (κ2) is 8.69. The summed E-state index contributed by atoms with van der Waals surface area (Å²) in [5.41, 5.74) is 0.736. The molecular weight excluding hydrogens is 394 g/mol. The highest BCUT2D eigenvalue weighted by Crippen LogP contribution is 2.43. The number of halogens is 4. The maximum Gasteiger partial charge on any atom is 0.179 e. The minimum Gasteiger partial charge on any atom is -0.505 e. The van der Waals surface area contributed by atoms with Gasteiger partial charge in [0.1, 0.15) is 0 Å². The Morgan fingerprint density at radius 3 is 2.50 bits per heavy atom. The lowest BCUT2D eigenvalue weighted by Gasteiger charge is -2.35. The fraction of sp³-hybridized carbons (Fsp3) is 0.600. The number of nitrogens with one attached hydrogen (secondary N) is 1. The van der Waals surface area contributed by atoms with Crippen LogP contribution in [0.25, 0.3) is 0 Å². The summed E-state index contributed by atoms with van der Waals surface area (Å²) in [5, 5.41) is 13.5. The van der Waals surface area contributed by atoms with Crippen LogP contribution in [0.3, 0.4) is 0 Å². The minimum atomic E-state index is -0.543. The van der Waals surface area contributed by atoms with E-state index in [-0.39, 0.29) is 36.6 Å². The molecule has 0 aromatic heterocycles. The first-order valence-corrected chi connectivity index (χ1v) is 8.07. The number of hydrogen-bond donors (Lipinski definition) is 2. The quantitative estimate of drug-likeness (QED) is 0.783. The summed E-state index contributed by atoms with van der Waals surface area (Å²) >= 11 is 3.13.